The first-order chi connectivity index (χ1) is 17.5. The van der Waals surface area contributed by atoms with Gasteiger partial charge in [0.25, 0.3) is 0 Å². The van der Waals surface area contributed by atoms with Gasteiger partial charge in [0.15, 0.2) is 23.6 Å². The summed E-state index contributed by atoms with van der Waals surface area (Å²) in [4.78, 5) is 17.4. The van der Waals surface area contributed by atoms with Crippen LogP contribution in [0, 0.1) is 0 Å². The van der Waals surface area contributed by atoms with Crippen molar-refractivity contribution in [3.05, 3.63) is 80.7 Å². The standard InChI is InChI=1S/C22H20Cl2F3N7O3/c23-13-7-5-12(6-8-13)19-31-33(21(37)32(19)9-17(36)22(25,26)27)10-18-29-20(15(28)11-35)34(30-18)16-4-2-1-3-14(16)24/h1-8,15,17,35-36H,9-11,28H2. The van der Waals surface area contributed by atoms with Gasteiger partial charge in [0.1, 0.15) is 6.54 Å². The molecule has 0 aliphatic rings. The van der Waals surface area contributed by atoms with Crippen LogP contribution in [0.4, 0.5) is 13.2 Å². The number of rotatable bonds is 8. The third-order valence-electron chi connectivity index (χ3n) is 5.33. The number of nitrogens with zero attached hydrogens (tertiary/aromatic N) is 6. The quantitative estimate of drug-likeness (QED) is 0.302. The van der Waals surface area contributed by atoms with E-state index in [0.29, 0.717) is 25.9 Å². The van der Waals surface area contributed by atoms with E-state index in [2.05, 4.69) is 15.2 Å². The number of aromatic nitrogens is 6. The first kappa shape index (κ1) is 26.8. The highest BCUT2D eigenvalue weighted by atomic mass is 35.5. The highest BCUT2D eigenvalue weighted by Gasteiger charge is 2.39. The molecule has 10 nitrogen and oxygen atoms in total. The highest BCUT2D eigenvalue weighted by molar-refractivity contribution is 6.32. The Labute approximate surface area is 217 Å². The minimum absolute atomic E-state index is 0.0320. The minimum atomic E-state index is -4.95. The van der Waals surface area contributed by atoms with E-state index in [4.69, 9.17) is 28.9 Å². The van der Waals surface area contributed by atoms with Crippen LogP contribution in [-0.4, -0.2) is 58.2 Å². The van der Waals surface area contributed by atoms with E-state index in [1.54, 1.807) is 24.3 Å². The smallest absolute Gasteiger partial charge is 0.394 e. The lowest BCUT2D eigenvalue weighted by Crippen LogP contribution is -2.37. The van der Waals surface area contributed by atoms with Crippen LogP contribution in [0.1, 0.15) is 17.7 Å². The molecule has 2 aromatic heterocycles. The van der Waals surface area contributed by atoms with Crippen molar-refractivity contribution in [1.82, 2.24) is 29.1 Å². The zero-order chi connectivity index (χ0) is 26.9. The van der Waals surface area contributed by atoms with Crippen LogP contribution in [0.2, 0.25) is 10.0 Å². The average molecular weight is 558 g/mol. The molecule has 2 heterocycles. The van der Waals surface area contributed by atoms with Gasteiger partial charge in [-0.2, -0.15) is 13.2 Å². The Morgan fingerprint density at radius 2 is 1.73 bits per heavy atom. The van der Waals surface area contributed by atoms with Gasteiger partial charge in [0, 0.05) is 10.6 Å². The normalized spacial score (nSPS) is 13.6. The fourth-order valence-corrected chi connectivity index (χ4v) is 3.83. The molecule has 0 amide bonds. The largest absolute Gasteiger partial charge is 0.416 e. The molecule has 2 atom stereocenters. The first-order valence-electron chi connectivity index (χ1n) is 10.7. The third-order valence-corrected chi connectivity index (χ3v) is 5.91. The summed E-state index contributed by atoms with van der Waals surface area (Å²) in [6, 6.07) is 11.7. The molecule has 0 spiro atoms. The molecule has 0 bridgehead atoms. The number of benzene rings is 2. The Balaban J connectivity index is 1.78. The third kappa shape index (κ3) is 5.70. The second-order valence-corrected chi connectivity index (χ2v) is 8.82. The maximum atomic E-state index is 13.1. The molecule has 196 valence electrons. The molecule has 0 aliphatic carbocycles. The Hall–Kier alpha value is -3.23. The molecule has 15 heteroatoms. The summed E-state index contributed by atoms with van der Waals surface area (Å²) in [5.74, 6) is 0.0517. The van der Waals surface area contributed by atoms with Gasteiger partial charge in [-0.3, -0.25) is 4.57 Å². The van der Waals surface area contributed by atoms with Crippen molar-refractivity contribution in [1.29, 1.82) is 0 Å². The van der Waals surface area contributed by atoms with Crippen LogP contribution in [0.3, 0.4) is 0 Å². The molecular formula is C22H20Cl2F3N7O3. The lowest BCUT2D eigenvalue weighted by Gasteiger charge is -2.15. The van der Waals surface area contributed by atoms with E-state index in [0.717, 1.165) is 4.68 Å². The summed E-state index contributed by atoms with van der Waals surface area (Å²) in [6.07, 6.45) is -7.76. The van der Waals surface area contributed by atoms with Crippen molar-refractivity contribution >= 4 is 23.2 Å². The Morgan fingerprint density at radius 1 is 1.05 bits per heavy atom. The second-order valence-electron chi connectivity index (χ2n) is 7.98. The van der Waals surface area contributed by atoms with Gasteiger partial charge in [-0.15, -0.1) is 10.2 Å². The van der Waals surface area contributed by atoms with Crippen molar-refractivity contribution < 1.29 is 23.4 Å². The summed E-state index contributed by atoms with van der Waals surface area (Å²) in [6.45, 7) is -1.90. The van der Waals surface area contributed by atoms with Gasteiger partial charge in [-0.25, -0.2) is 19.1 Å². The van der Waals surface area contributed by atoms with Crippen LogP contribution in [0.5, 0.6) is 0 Å². The molecule has 0 aliphatic heterocycles. The van der Waals surface area contributed by atoms with Crippen LogP contribution in [0.25, 0.3) is 17.1 Å². The molecule has 4 aromatic rings. The lowest BCUT2D eigenvalue weighted by atomic mass is 10.2. The molecular weight excluding hydrogens is 538 g/mol. The topological polar surface area (TPSA) is 137 Å². The molecule has 37 heavy (non-hydrogen) atoms. The fourth-order valence-electron chi connectivity index (χ4n) is 3.49. The van der Waals surface area contributed by atoms with E-state index in [1.807, 2.05) is 0 Å². The van der Waals surface area contributed by atoms with Crippen molar-refractivity contribution in [3.63, 3.8) is 0 Å². The number of hydrogen-bond donors (Lipinski definition) is 3. The van der Waals surface area contributed by atoms with Crippen LogP contribution in [0.15, 0.2) is 53.3 Å². The van der Waals surface area contributed by atoms with E-state index in [1.165, 1.54) is 28.9 Å². The fraction of sp³-hybridized carbons (Fsp3) is 0.273. The molecule has 0 fully saturated rings. The monoisotopic (exact) mass is 557 g/mol. The number of alkyl halides is 3. The average Bonchev–Trinajstić information content (AvgIpc) is 3.40. The number of para-hydroxylation sites is 1. The van der Waals surface area contributed by atoms with Crippen molar-refractivity contribution in [3.8, 4) is 17.1 Å². The van der Waals surface area contributed by atoms with E-state index < -0.39 is 37.2 Å². The van der Waals surface area contributed by atoms with Gasteiger partial charge < -0.3 is 15.9 Å². The number of aliphatic hydroxyl groups is 2. The Kier molecular flexibility index (Phi) is 7.71. The first-order valence-corrected chi connectivity index (χ1v) is 11.5. The molecule has 0 saturated heterocycles. The number of aliphatic hydroxyl groups excluding tert-OH is 2. The number of nitrogens with two attached hydrogens (primary N) is 1. The van der Waals surface area contributed by atoms with Gasteiger partial charge >= 0.3 is 11.9 Å². The maximum absolute atomic E-state index is 13.1. The van der Waals surface area contributed by atoms with Crippen molar-refractivity contribution in [2.75, 3.05) is 6.61 Å². The summed E-state index contributed by atoms with van der Waals surface area (Å²) < 4.78 is 42.1. The maximum Gasteiger partial charge on any atom is 0.416 e. The molecule has 0 radical (unpaired) electrons. The van der Waals surface area contributed by atoms with Gasteiger partial charge in [0.2, 0.25) is 0 Å². The van der Waals surface area contributed by atoms with Crippen molar-refractivity contribution in [2.45, 2.75) is 31.4 Å². The van der Waals surface area contributed by atoms with Crippen LogP contribution in [-0.2, 0) is 13.1 Å². The Morgan fingerprint density at radius 3 is 2.35 bits per heavy atom. The van der Waals surface area contributed by atoms with Gasteiger partial charge in [-0.1, -0.05) is 35.3 Å². The molecule has 4 rings (SSSR count). The predicted octanol–water partition coefficient (Wildman–Crippen LogP) is 2.56. The summed E-state index contributed by atoms with van der Waals surface area (Å²) in [5.41, 5.74) is 5.76. The number of hydrogen-bond acceptors (Lipinski definition) is 7. The molecule has 2 unspecified atom stereocenters. The molecule has 4 N–H and O–H groups in total. The van der Waals surface area contributed by atoms with E-state index in [9.17, 15) is 28.2 Å². The molecule has 2 aromatic carbocycles. The highest BCUT2D eigenvalue weighted by Crippen LogP contribution is 2.25. The predicted molar refractivity (Wildman–Crippen MR) is 128 cm³/mol. The van der Waals surface area contributed by atoms with E-state index in [-0.39, 0.29) is 24.0 Å². The second kappa shape index (κ2) is 10.6. The summed E-state index contributed by atoms with van der Waals surface area (Å²) in [5, 5.41) is 28.4. The van der Waals surface area contributed by atoms with Crippen LogP contribution < -0.4 is 11.4 Å². The summed E-state index contributed by atoms with van der Waals surface area (Å²) >= 11 is 12.2. The molecule has 0 saturated carbocycles. The minimum Gasteiger partial charge on any atom is -0.394 e. The van der Waals surface area contributed by atoms with Gasteiger partial charge in [-0.05, 0) is 36.4 Å². The zero-order valence-electron chi connectivity index (χ0n) is 18.8. The van der Waals surface area contributed by atoms with E-state index >= 15 is 0 Å². The van der Waals surface area contributed by atoms with Crippen LogP contribution >= 0.6 is 23.2 Å². The zero-order valence-corrected chi connectivity index (χ0v) is 20.4. The lowest BCUT2D eigenvalue weighted by molar-refractivity contribution is -0.207. The Bertz CT molecular complexity index is 1450. The summed E-state index contributed by atoms with van der Waals surface area (Å²) in [7, 11) is 0. The van der Waals surface area contributed by atoms with Crippen molar-refractivity contribution in [2.24, 2.45) is 5.73 Å². The number of halogens is 5. The van der Waals surface area contributed by atoms with Gasteiger partial charge in [0.05, 0.1) is 29.9 Å². The SMILES string of the molecule is NC(CO)c1nc(Cn2nc(-c3ccc(Cl)cc3)n(CC(O)C(F)(F)F)c2=O)nn1-c1ccccc1Cl.